The van der Waals surface area contributed by atoms with E-state index in [0.29, 0.717) is 6.04 Å². The minimum atomic E-state index is 0.612. The van der Waals surface area contributed by atoms with Gasteiger partial charge in [0.25, 0.3) is 0 Å². The molecule has 138 valence electrons. The summed E-state index contributed by atoms with van der Waals surface area (Å²) in [6.07, 6.45) is 5.31. The van der Waals surface area contributed by atoms with Crippen molar-refractivity contribution in [1.29, 1.82) is 0 Å². The average Bonchev–Trinajstić information content (AvgIpc) is 3.16. The normalized spacial score (nSPS) is 21.2. The summed E-state index contributed by atoms with van der Waals surface area (Å²) in [4.78, 5) is 5.09. The van der Waals surface area contributed by atoms with Gasteiger partial charge in [-0.1, -0.05) is 42.5 Å². The molecule has 4 rings (SSSR count). The molecule has 3 nitrogen and oxygen atoms in total. The van der Waals surface area contributed by atoms with E-state index in [2.05, 4.69) is 69.7 Å². The molecule has 26 heavy (non-hydrogen) atoms. The summed E-state index contributed by atoms with van der Waals surface area (Å²) in [5.74, 6) is 0. The Kier molecular flexibility index (Phi) is 5.88. The van der Waals surface area contributed by atoms with Crippen LogP contribution in [-0.4, -0.2) is 37.1 Å². The SMILES string of the molecule is c1ccc(CN2CCC(NCc3ccc(N4CCCCC4)cc3)C2)cc1. The van der Waals surface area contributed by atoms with Crippen molar-refractivity contribution in [3.63, 3.8) is 0 Å². The molecular formula is C23H31N3. The van der Waals surface area contributed by atoms with Crippen LogP contribution in [0.3, 0.4) is 0 Å². The number of nitrogens with zero attached hydrogens (tertiary/aromatic N) is 2. The van der Waals surface area contributed by atoms with Crippen LogP contribution in [-0.2, 0) is 13.1 Å². The van der Waals surface area contributed by atoms with Gasteiger partial charge in [-0.05, 0) is 48.9 Å². The lowest BCUT2D eigenvalue weighted by molar-refractivity contribution is 0.320. The highest BCUT2D eigenvalue weighted by molar-refractivity contribution is 5.47. The lowest BCUT2D eigenvalue weighted by Crippen LogP contribution is -2.32. The lowest BCUT2D eigenvalue weighted by atomic mass is 10.1. The van der Waals surface area contributed by atoms with Gasteiger partial charge in [-0.3, -0.25) is 4.90 Å². The van der Waals surface area contributed by atoms with Gasteiger partial charge in [0, 0.05) is 51.0 Å². The number of nitrogens with one attached hydrogen (secondary N) is 1. The van der Waals surface area contributed by atoms with E-state index in [0.717, 1.165) is 19.6 Å². The number of anilines is 1. The van der Waals surface area contributed by atoms with E-state index in [1.54, 1.807) is 0 Å². The van der Waals surface area contributed by atoms with E-state index in [1.165, 1.54) is 62.1 Å². The van der Waals surface area contributed by atoms with Crippen LogP contribution in [0.25, 0.3) is 0 Å². The summed E-state index contributed by atoms with van der Waals surface area (Å²) in [5, 5.41) is 3.76. The van der Waals surface area contributed by atoms with Gasteiger partial charge in [0.2, 0.25) is 0 Å². The summed E-state index contributed by atoms with van der Waals surface area (Å²) < 4.78 is 0. The highest BCUT2D eigenvalue weighted by atomic mass is 15.2. The molecule has 0 amide bonds. The predicted octanol–water partition coefficient (Wildman–Crippen LogP) is 4.04. The standard InChI is InChI=1S/C23H31N3/c1-3-7-21(8-4-1)18-25-16-13-22(19-25)24-17-20-9-11-23(12-10-20)26-14-5-2-6-15-26/h1,3-4,7-12,22,24H,2,5-6,13-19H2. The zero-order valence-electron chi connectivity index (χ0n) is 15.7. The Bertz CT molecular complexity index is 662. The van der Waals surface area contributed by atoms with Crippen LogP contribution < -0.4 is 10.2 Å². The third kappa shape index (κ3) is 4.66. The Balaban J connectivity index is 1.23. The molecule has 2 aliphatic rings. The molecule has 2 aromatic rings. The summed E-state index contributed by atoms with van der Waals surface area (Å²) >= 11 is 0. The number of hydrogen-bond acceptors (Lipinski definition) is 3. The van der Waals surface area contributed by atoms with Crippen molar-refractivity contribution in [3.05, 3.63) is 65.7 Å². The van der Waals surface area contributed by atoms with Crippen LogP contribution in [0.5, 0.6) is 0 Å². The molecule has 1 unspecified atom stereocenters. The largest absolute Gasteiger partial charge is 0.372 e. The van der Waals surface area contributed by atoms with Crippen molar-refractivity contribution < 1.29 is 0 Å². The molecule has 0 aliphatic carbocycles. The quantitative estimate of drug-likeness (QED) is 0.849. The molecule has 2 aromatic carbocycles. The average molecular weight is 350 g/mol. The molecule has 0 saturated carbocycles. The Morgan fingerprint density at radius 1 is 0.808 bits per heavy atom. The zero-order valence-corrected chi connectivity index (χ0v) is 15.7. The second-order valence-electron chi connectivity index (χ2n) is 7.80. The molecule has 3 heteroatoms. The van der Waals surface area contributed by atoms with Gasteiger partial charge in [-0.25, -0.2) is 0 Å². The first-order chi connectivity index (χ1) is 12.9. The van der Waals surface area contributed by atoms with Crippen LogP contribution in [0.4, 0.5) is 5.69 Å². The van der Waals surface area contributed by atoms with Crippen molar-refractivity contribution in [3.8, 4) is 0 Å². The van der Waals surface area contributed by atoms with Crippen molar-refractivity contribution in [1.82, 2.24) is 10.2 Å². The van der Waals surface area contributed by atoms with Gasteiger partial charge in [-0.15, -0.1) is 0 Å². The molecule has 1 N–H and O–H groups in total. The van der Waals surface area contributed by atoms with E-state index in [9.17, 15) is 0 Å². The van der Waals surface area contributed by atoms with Crippen molar-refractivity contribution in [2.45, 2.75) is 44.8 Å². The van der Waals surface area contributed by atoms with Gasteiger partial charge in [0.05, 0.1) is 0 Å². The summed E-state index contributed by atoms with van der Waals surface area (Å²) in [5.41, 5.74) is 4.21. The second-order valence-corrected chi connectivity index (χ2v) is 7.80. The number of hydrogen-bond donors (Lipinski definition) is 1. The van der Waals surface area contributed by atoms with E-state index in [-0.39, 0.29) is 0 Å². The van der Waals surface area contributed by atoms with Crippen LogP contribution in [0.2, 0.25) is 0 Å². The highest BCUT2D eigenvalue weighted by Crippen LogP contribution is 2.20. The summed E-state index contributed by atoms with van der Waals surface area (Å²) in [6, 6.07) is 20.6. The smallest absolute Gasteiger partial charge is 0.0366 e. The molecule has 2 aliphatic heterocycles. The molecule has 2 saturated heterocycles. The monoisotopic (exact) mass is 349 g/mol. The summed E-state index contributed by atoms with van der Waals surface area (Å²) in [6.45, 7) is 6.84. The predicted molar refractivity (Wildman–Crippen MR) is 109 cm³/mol. The maximum absolute atomic E-state index is 3.76. The first-order valence-corrected chi connectivity index (χ1v) is 10.2. The Morgan fingerprint density at radius 3 is 2.35 bits per heavy atom. The number of piperidine rings is 1. The third-order valence-electron chi connectivity index (χ3n) is 5.77. The Hall–Kier alpha value is -1.84. The van der Waals surface area contributed by atoms with Crippen LogP contribution in [0, 0.1) is 0 Å². The molecule has 0 bridgehead atoms. The van der Waals surface area contributed by atoms with E-state index >= 15 is 0 Å². The van der Waals surface area contributed by atoms with E-state index < -0.39 is 0 Å². The maximum atomic E-state index is 3.76. The topological polar surface area (TPSA) is 18.5 Å². The van der Waals surface area contributed by atoms with Gasteiger partial charge in [0.15, 0.2) is 0 Å². The first kappa shape index (κ1) is 17.6. The molecule has 2 heterocycles. The first-order valence-electron chi connectivity index (χ1n) is 10.2. The highest BCUT2D eigenvalue weighted by Gasteiger charge is 2.21. The van der Waals surface area contributed by atoms with Crippen LogP contribution in [0.1, 0.15) is 36.8 Å². The molecule has 0 aromatic heterocycles. The Morgan fingerprint density at radius 2 is 1.58 bits per heavy atom. The molecule has 2 fully saturated rings. The minimum absolute atomic E-state index is 0.612. The van der Waals surface area contributed by atoms with E-state index in [1.807, 2.05) is 0 Å². The molecule has 1 atom stereocenters. The fraction of sp³-hybridized carbons (Fsp3) is 0.478. The van der Waals surface area contributed by atoms with E-state index in [4.69, 9.17) is 0 Å². The van der Waals surface area contributed by atoms with Gasteiger partial charge < -0.3 is 10.2 Å². The number of rotatable bonds is 6. The minimum Gasteiger partial charge on any atom is -0.372 e. The van der Waals surface area contributed by atoms with Gasteiger partial charge in [-0.2, -0.15) is 0 Å². The Labute approximate surface area is 158 Å². The molecule has 0 spiro atoms. The van der Waals surface area contributed by atoms with Crippen molar-refractivity contribution in [2.75, 3.05) is 31.1 Å². The fourth-order valence-corrected chi connectivity index (χ4v) is 4.22. The van der Waals surface area contributed by atoms with Crippen LogP contribution >= 0.6 is 0 Å². The second kappa shape index (κ2) is 8.70. The number of likely N-dealkylation sites (tertiary alicyclic amines) is 1. The lowest BCUT2D eigenvalue weighted by Gasteiger charge is -2.29. The van der Waals surface area contributed by atoms with Crippen molar-refractivity contribution >= 4 is 5.69 Å². The van der Waals surface area contributed by atoms with Crippen LogP contribution in [0.15, 0.2) is 54.6 Å². The molecular weight excluding hydrogens is 318 g/mol. The van der Waals surface area contributed by atoms with Gasteiger partial charge >= 0.3 is 0 Å². The van der Waals surface area contributed by atoms with Gasteiger partial charge in [0.1, 0.15) is 0 Å². The fourth-order valence-electron chi connectivity index (χ4n) is 4.22. The summed E-state index contributed by atoms with van der Waals surface area (Å²) in [7, 11) is 0. The third-order valence-corrected chi connectivity index (χ3v) is 5.77. The van der Waals surface area contributed by atoms with Crippen molar-refractivity contribution in [2.24, 2.45) is 0 Å². The zero-order chi connectivity index (χ0) is 17.6. The molecule has 0 radical (unpaired) electrons. The number of benzene rings is 2. The maximum Gasteiger partial charge on any atom is 0.0366 e.